The average molecular weight is 454 g/mol. The molecular weight excluding hydrogens is 434 g/mol. The van der Waals surface area contributed by atoms with E-state index in [9.17, 15) is 13.6 Å². The highest BCUT2D eigenvalue weighted by atomic mass is 32.2. The molecule has 0 spiro atoms. The maximum absolute atomic E-state index is 12.4. The number of hydrogen-bond donors (Lipinski definition) is 3. The Balaban J connectivity index is 1.58. The summed E-state index contributed by atoms with van der Waals surface area (Å²) in [5, 5.41) is 4.67. The molecule has 0 saturated carbocycles. The molecule has 1 aromatic carbocycles. The summed E-state index contributed by atoms with van der Waals surface area (Å²) in [6.45, 7) is 2.29. The second-order valence-corrected chi connectivity index (χ2v) is 8.78. The van der Waals surface area contributed by atoms with Crippen LogP contribution in [-0.2, 0) is 17.8 Å². The van der Waals surface area contributed by atoms with Crippen LogP contribution >= 0.6 is 11.3 Å². The van der Waals surface area contributed by atoms with Crippen LogP contribution in [0.5, 0.6) is 0 Å². The van der Waals surface area contributed by atoms with Gasteiger partial charge in [-0.25, -0.2) is 13.9 Å². The summed E-state index contributed by atoms with van der Waals surface area (Å²) in [5.41, 5.74) is 2.34. The summed E-state index contributed by atoms with van der Waals surface area (Å²) in [6, 6.07) is 12.1. The number of hydrogen-bond acceptors (Lipinski definition) is 6. The minimum atomic E-state index is -2.27. The Morgan fingerprint density at radius 1 is 1.13 bits per heavy atom. The average Bonchev–Trinajstić information content (AvgIpc) is 3.20. The lowest BCUT2D eigenvalue weighted by atomic mass is 9.98. The lowest BCUT2D eigenvalue weighted by molar-refractivity contribution is 0.0946. The molecule has 0 saturated heterocycles. The Morgan fingerprint density at radius 3 is 2.68 bits per heavy atom. The van der Waals surface area contributed by atoms with Crippen LogP contribution in [-0.4, -0.2) is 29.6 Å². The number of nitrogens with zero attached hydrogens (tertiary/aromatic N) is 3. The second-order valence-electron chi connectivity index (χ2n) is 6.73. The number of carbonyl (C=O) groups is 1. The van der Waals surface area contributed by atoms with Crippen molar-refractivity contribution in [2.45, 2.75) is 19.5 Å². The molecular formula is C21H19N5O3S2. The van der Waals surface area contributed by atoms with Crippen molar-refractivity contribution in [3.8, 4) is 0 Å². The predicted octanol–water partition coefficient (Wildman–Crippen LogP) is 3.14. The predicted molar refractivity (Wildman–Crippen MR) is 120 cm³/mol. The van der Waals surface area contributed by atoms with Crippen molar-refractivity contribution in [3.05, 3.63) is 87.8 Å². The van der Waals surface area contributed by atoms with Gasteiger partial charge in [-0.05, 0) is 24.6 Å². The van der Waals surface area contributed by atoms with Crippen LogP contribution in [0.25, 0.3) is 10.9 Å². The first-order valence-corrected chi connectivity index (χ1v) is 11.3. The van der Waals surface area contributed by atoms with Crippen LogP contribution in [0, 0.1) is 6.92 Å². The van der Waals surface area contributed by atoms with E-state index in [4.69, 9.17) is 0 Å². The lowest BCUT2D eigenvalue weighted by Gasteiger charge is -2.18. The Morgan fingerprint density at radius 2 is 1.97 bits per heavy atom. The fourth-order valence-corrected chi connectivity index (χ4v) is 4.43. The standard InChI is InChI=1S/C21H19N5O3S2/c1-13-23-11-16(30-13)12-25-21(27)18-8-7-15(10-24-18)20(26-31(28)29)17-6-2-4-14-5-3-9-22-19(14)17/h2-11,20,26H,12H2,1H3,(H,25,27)(H,28,29). The van der Waals surface area contributed by atoms with E-state index in [1.807, 2.05) is 37.3 Å². The lowest BCUT2D eigenvalue weighted by Crippen LogP contribution is -2.26. The van der Waals surface area contributed by atoms with E-state index in [2.05, 4.69) is 25.0 Å². The highest BCUT2D eigenvalue weighted by molar-refractivity contribution is 7.77. The fraction of sp³-hybridized carbons (Fsp3) is 0.143. The van der Waals surface area contributed by atoms with Crippen LogP contribution < -0.4 is 10.0 Å². The first-order chi connectivity index (χ1) is 15.0. The first-order valence-electron chi connectivity index (χ1n) is 9.37. The van der Waals surface area contributed by atoms with E-state index in [1.165, 1.54) is 17.5 Å². The van der Waals surface area contributed by atoms with Crippen LogP contribution in [0.1, 0.15) is 37.5 Å². The van der Waals surface area contributed by atoms with Gasteiger partial charge in [-0.2, -0.15) is 0 Å². The van der Waals surface area contributed by atoms with Crippen molar-refractivity contribution in [3.63, 3.8) is 0 Å². The number of para-hydroxylation sites is 1. The van der Waals surface area contributed by atoms with Crippen LogP contribution in [0.4, 0.5) is 0 Å². The van der Waals surface area contributed by atoms with Gasteiger partial charge in [0.25, 0.3) is 5.91 Å². The third-order valence-corrected chi connectivity index (χ3v) is 5.99. The molecule has 31 heavy (non-hydrogen) atoms. The normalized spacial score (nSPS) is 13.1. The zero-order valence-corrected chi connectivity index (χ0v) is 18.1. The molecule has 3 N–H and O–H groups in total. The summed E-state index contributed by atoms with van der Waals surface area (Å²) < 4.78 is 23.7. The molecule has 4 aromatic rings. The van der Waals surface area contributed by atoms with Gasteiger partial charge in [0.1, 0.15) is 5.69 Å². The Bertz CT molecular complexity index is 1240. The van der Waals surface area contributed by atoms with Gasteiger partial charge in [0.2, 0.25) is 11.3 Å². The molecule has 0 aliphatic carbocycles. The van der Waals surface area contributed by atoms with Crippen LogP contribution in [0.15, 0.2) is 61.1 Å². The van der Waals surface area contributed by atoms with Gasteiger partial charge in [0.05, 0.1) is 23.1 Å². The molecule has 158 valence electrons. The molecule has 3 aromatic heterocycles. The molecule has 1 amide bonds. The molecule has 8 nitrogen and oxygen atoms in total. The molecule has 0 aliphatic rings. The molecule has 4 rings (SSSR count). The molecule has 2 unspecified atom stereocenters. The SMILES string of the molecule is Cc1ncc(CNC(=O)c2ccc(C(NS(=O)O)c3cccc4cccnc34)cn2)s1. The molecule has 2 atom stereocenters. The largest absolute Gasteiger partial charge is 0.346 e. The molecule has 0 bridgehead atoms. The molecule has 0 fully saturated rings. The molecule has 3 heterocycles. The van der Waals surface area contributed by atoms with E-state index in [0.717, 1.165) is 26.4 Å². The maximum Gasteiger partial charge on any atom is 0.270 e. The van der Waals surface area contributed by atoms with Gasteiger partial charge < -0.3 is 5.32 Å². The number of benzene rings is 1. The van der Waals surface area contributed by atoms with E-state index in [-0.39, 0.29) is 11.6 Å². The molecule has 10 heteroatoms. The Hall–Kier alpha value is -3.05. The number of nitrogens with one attached hydrogen (secondary N) is 2. The van der Waals surface area contributed by atoms with Crippen molar-refractivity contribution < 1.29 is 13.6 Å². The topological polar surface area (TPSA) is 117 Å². The van der Waals surface area contributed by atoms with Crippen molar-refractivity contribution in [2.75, 3.05) is 0 Å². The number of aromatic nitrogens is 3. The van der Waals surface area contributed by atoms with Crippen LogP contribution in [0.3, 0.4) is 0 Å². The third-order valence-electron chi connectivity index (χ3n) is 4.64. The number of fused-ring (bicyclic) bond motifs is 1. The highest BCUT2D eigenvalue weighted by Gasteiger charge is 2.20. The monoisotopic (exact) mass is 453 g/mol. The third kappa shape index (κ3) is 5.00. The van der Waals surface area contributed by atoms with E-state index in [0.29, 0.717) is 12.1 Å². The summed E-state index contributed by atoms with van der Waals surface area (Å²) in [4.78, 5) is 26.2. The summed E-state index contributed by atoms with van der Waals surface area (Å²) in [7, 11) is 0. The van der Waals surface area contributed by atoms with Gasteiger partial charge in [-0.15, -0.1) is 11.3 Å². The van der Waals surface area contributed by atoms with Gasteiger partial charge in [0, 0.05) is 34.4 Å². The zero-order chi connectivity index (χ0) is 21.8. The molecule has 0 radical (unpaired) electrons. The number of thiazole rings is 1. The zero-order valence-electron chi connectivity index (χ0n) is 16.5. The van der Waals surface area contributed by atoms with Gasteiger partial charge in [-0.1, -0.05) is 30.3 Å². The second kappa shape index (κ2) is 9.40. The smallest absolute Gasteiger partial charge is 0.270 e. The van der Waals surface area contributed by atoms with E-state index in [1.54, 1.807) is 24.5 Å². The summed E-state index contributed by atoms with van der Waals surface area (Å²) in [6.07, 6.45) is 4.94. The van der Waals surface area contributed by atoms with Gasteiger partial charge in [-0.3, -0.25) is 19.3 Å². The van der Waals surface area contributed by atoms with E-state index < -0.39 is 17.3 Å². The van der Waals surface area contributed by atoms with Gasteiger partial charge >= 0.3 is 0 Å². The minimum absolute atomic E-state index is 0.255. The van der Waals surface area contributed by atoms with Crippen molar-refractivity contribution in [1.82, 2.24) is 25.0 Å². The number of amides is 1. The number of rotatable bonds is 7. The Kier molecular flexibility index (Phi) is 6.42. The highest BCUT2D eigenvalue weighted by Crippen LogP contribution is 2.28. The van der Waals surface area contributed by atoms with Gasteiger partial charge in [0.15, 0.2) is 0 Å². The summed E-state index contributed by atoms with van der Waals surface area (Å²) in [5.74, 6) is -0.306. The quantitative estimate of drug-likeness (QED) is 0.370. The number of carbonyl (C=O) groups excluding carboxylic acids is 1. The first kappa shape index (κ1) is 21.2. The van der Waals surface area contributed by atoms with E-state index >= 15 is 0 Å². The Labute approximate surface area is 185 Å². The van der Waals surface area contributed by atoms with Crippen LogP contribution in [0.2, 0.25) is 0 Å². The van der Waals surface area contributed by atoms with Crippen molar-refractivity contribution in [1.29, 1.82) is 0 Å². The number of pyridine rings is 2. The maximum atomic E-state index is 12.4. The fourth-order valence-electron chi connectivity index (χ4n) is 3.23. The van der Waals surface area contributed by atoms with Crippen molar-refractivity contribution >= 4 is 39.4 Å². The molecule has 0 aliphatic heterocycles. The van der Waals surface area contributed by atoms with Crippen molar-refractivity contribution in [2.24, 2.45) is 0 Å². The number of aryl methyl sites for hydroxylation is 1. The minimum Gasteiger partial charge on any atom is -0.346 e. The summed E-state index contributed by atoms with van der Waals surface area (Å²) >= 11 is -0.743.